The van der Waals surface area contributed by atoms with Crippen molar-refractivity contribution < 1.29 is 19.3 Å². The van der Waals surface area contributed by atoms with Crippen molar-refractivity contribution in [3.05, 3.63) is 76.2 Å². The van der Waals surface area contributed by atoms with Gasteiger partial charge < -0.3 is 24.3 Å². The van der Waals surface area contributed by atoms with Crippen molar-refractivity contribution >= 4 is 21.6 Å². The average molecular weight is 510 g/mol. The van der Waals surface area contributed by atoms with Gasteiger partial charge in [-0.2, -0.15) is 0 Å². The normalized spacial score (nSPS) is 12.2. The number of nitrogens with one attached hydrogen (secondary N) is 1. The third kappa shape index (κ3) is 6.70. The van der Waals surface area contributed by atoms with E-state index in [-0.39, 0.29) is 12.2 Å². The van der Waals surface area contributed by atoms with E-state index in [0.717, 1.165) is 23.3 Å². The van der Waals surface area contributed by atoms with E-state index in [1.54, 1.807) is 14.2 Å². The third-order valence-corrected chi connectivity index (χ3v) is 6.62. The van der Waals surface area contributed by atoms with Crippen LogP contribution in [0.25, 0.3) is 21.3 Å². The van der Waals surface area contributed by atoms with Gasteiger partial charge in [0, 0.05) is 37.7 Å². The number of hydrogen-bond acceptors (Lipinski definition) is 8. The van der Waals surface area contributed by atoms with E-state index < -0.39 is 6.10 Å². The Morgan fingerprint density at radius 2 is 1.86 bits per heavy atom. The minimum Gasteiger partial charge on any atom is -0.497 e. The van der Waals surface area contributed by atoms with Crippen LogP contribution >= 0.6 is 11.3 Å². The molecule has 36 heavy (non-hydrogen) atoms. The van der Waals surface area contributed by atoms with Crippen LogP contribution in [0.1, 0.15) is 12.2 Å². The number of aromatic amines is 1. The van der Waals surface area contributed by atoms with E-state index in [1.807, 2.05) is 60.0 Å². The molecule has 0 fully saturated rings. The minimum atomic E-state index is -0.702. The highest BCUT2D eigenvalue weighted by Crippen LogP contribution is 2.31. The number of hydrogen-bond donors (Lipinski definition) is 2. The predicted octanol–water partition coefficient (Wildman–Crippen LogP) is 3.94. The number of H-pyrrole nitrogens is 1. The molecule has 0 aliphatic carbocycles. The Bertz CT molecular complexity index is 1290. The lowest BCUT2D eigenvalue weighted by Crippen LogP contribution is -2.37. The van der Waals surface area contributed by atoms with E-state index in [2.05, 4.69) is 9.88 Å². The number of benzene rings is 2. The summed E-state index contributed by atoms with van der Waals surface area (Å²) in [5.41, 5.74) is 1.61. The molecular weight excluding hydrogens is 478 g/mol. The van der Waals surface area contributed by atoms with E-state index in [4.69, 9.17) is 19.2 Å². The number of nitrogens with zero attached hydrogens (tertiary/aromatic N) is 2. The smallest absolute Gasteiger partial charge is 0.260 e. The molecule has 0 saturated heterocycles. The zero-order valence-electron chi connectivity index (χ0n) is 20.5. The van der Waals surface area contributed by atoms with E-state index >= 15 is 0 Å². The highest BCUT2D eigenvalue weighted by Gasteiger charge is 2.17. The van der Waals surface area contributed by atoms with Crippen LogP contribution in [0.4, 0.5) is 0 Å². The molecule has 190 valence electrons. The first-order valence-corrected chi connectivity index (χ1v) is 12.7. The molecule has 4 rings (SSSR count). The molecule has 2 aromatic carbocycles. The first-order valence-electron chi connectivity index (χ1n) is 11.8. The summed E-state index contributed by atoms with van der Waals surface area (Å²) in [7, 11) is 3.29. The quantitative estimate of drug-likeness (QED) is 0.264. The van der Waals surface area contributed by atoms with Crippen LogP contribution < -0.4 is 15.0 Å². The van der Waals surface area contributed by atoms with Gasteiger partial charge >= 0.3 is 0 Å². The number of ether oxygens (including phenoxy) is 3. The monoisotopic (exact) mass is 509 g/mol. The largest absolute Gasteiger partial charge is 0.497 e. The van der Waals surface area contributed by atoms with Gasteiger partial charge in [0.05, 0.1) is 19.0 Å². The van der Waals surface area contributed by atoms with Gasteiger partial charge in [0.1, 0.15) is 34.9 Å². The molecule has 0 spiro atoms. The van der Waals surface area contributed by atoms with Crippen molar-refractivity contribution in [2.75, 3.05) is 40.5 Å². The van der Waals surface area contributed by atoms with Gasteiger partial charge in [-0.15, -0.1) is 11.3 Å². The Kier molecular flexibility index (Phi) is 9.07. The maximum Gasteiger partial charge on any atom is 0.260 e. The van der Waals surface area contributed by atoms with Crippen LogP contribution in [0, 0.1) is 0 Å². The lowest BCUT2D eigenvalue weighted by atomic mass is 10.1. The number of aliphatic hydroxyl groups excluding tert-OH is 1. The number of methoxy groups -OCH3 is 2. The van der Waals surface area contributed by atoms with Gasteiger partial charge in [-0.25, -0.2) is 4.98 Å². The summed E-state index contributed by atoms with van der Waals surface area (Å²) in [6, 6.07) is 17.0. The highest BCUT2D eigenvalue weighted by atomic mass is 32.1. The summed E-state index contributed by atoms with van der Waals surface area (Å²) in [5.74, 6) is 2.03. The van der Waals surface area contributed by atoms with Gasteiger partial charge in [0.2, 0.25) is 0 Å². The summed E-state index contributed by atoms with van der Waals surface area (Å²) < 4.78 is 16.1. The molecule has 1 atom stereocenters. The van der Waals surface area contributed by atoms with Crippen molar-refractivity contribution in [3.63, 3.8) is 0 Å². The van der Waals surface area contributed by atoms with Crippen LogP contribution in [0.3, 0.4) is 0 Å². The maximum absolute atomic E-state index is 13.1. The van der Waals surface area contributed by atoms with Crippen molar-refractivity contribution in [3.8, 4) is 22.6 Å². The maximum atomic E-state index is 13.1. The molecule has 0 amide bonds. The molecule has 2 heterocycles. The lowest BCUT2D eigenvalue weighted by Gasteiger charge is -2.24. The second-order valence-corrected chi connectivity index (χ2v) is 9.29. The average Bonchev–Trinajstić information content (AvgIpc) is 3.33. The second-order valence-electron chi connectivity index (χ2n) is 8.43. The van der Waals surface area contributed by atoms with Crippen LogP contribution in [-0.4, -0.2) is 66.6 Å². The molecule has 0 aliphatic rings. The Morgan fingerprint density at radius 1 is 1.08 bits per heavy atom. The summed E-state index contributed by atoms with van der Waals surface area (Å²) in [6.45, 7) is 2.22. The summed E-state index contributed by atoms with van der Waals surface area (Å²) in [4.78, 5) is 23.5. The van der Waals surface area contributed by atoms with Gasteiger partial charge in [-0.3, -0.25) is 9.69 Å². The fourth-order valence-electron chi connectivity index (χ4n) is 3.99. The first kappa shape index (κ1) is 25.8. The van der Waals surface area contributed by atoms with Crippen molar-refractivity contribution in [2.45, 2.75) is 19.1 Å². The number of aromatic nitrogens is 2. The first-order chi connectivity index (χ1) is 17.6. The van der Waals surface area contributed by atoms with Crippen LogP contribution in [0.15, 0.2) is 64.8 Å². The predicted molar refractivity (Wildman–Crippen MR) is 142 cm³/mol. The van der Waals surface area contributed by atoms with Crippen LogP contribution in [-0.2, 0) is 11.3 Å². The Labute approximate surface area is 214 Å². The molecule has 1 unspecified atom stereocenters. The number of para-hydroxylation sites is 1. The van der Waals surface area contributed by atoms with E-state index in [1.165, 1.54) is 11.3 Å². The molecule has 9 heteroatoms. The third-order valence-electron chi connectivity index (χ3n) is 5.74. The summed E-state index contributed by atoms with van der Waals surface area (Å²) in [5, 5.41) is 13.1. The topological polar surface area (TPSA) is 96.9 Å². The van der Waals surface area contributed by atoms with Gasteiger partial charge in [0.15, 0.2) is 0 Å². The number of rotatable bonds is 13. The number of fused-ring (bicyclic) bond motifs is 1. The summed E-state index contributed by atoms with van der Waals surface area (Å²) >= 11 is 1.45. The molecular formula is C27H31N3O5S. The van der Waals surface area contributed by atoms with Gasteiger partial charge in [-0.05, 0) is 36.2 Å². The van der Waals surface area contributed by atoms with Crippen LogP contribution in [0.5, 0.6) is 11.5 Å². The Morgan fingerprint density at radius 3 is 2.58 bits per heavy atom. The van der Waals surface area contributed by atoms with Crippen molar-refractivity contribution in [1.29, 1.82) is 0 Å². The number of thiophene rings is 1. The molecule has 2 N–H and O–H groups in total. The SMILES string of the molecule is COCCCN(Cc1nc2scc(-c3ccc(OC)cc3)c2c(=O)[nH]1)CC(O)COc1ccccc1. The van der Waals surface area contributed by atoms with Crippen molar-refractivity contribution in [2.24, 2.45) is 0 Å². The molecule has 2 aromatic heterocycles. The van der Waals surface area contributed by atoms with Gasteiger partial charge in [0.25, 0.3) is 5.56 Å². The fraction of sp³-hybridized carbons (Fsp3) is 0.333. The molecule has 0 bridgehead atoms. The molecule has 0 radical (unpaired) electrons. The minimum absolute atomic E-state index is 0.171. The number of aliphatic hydroxyl groups is 1. The molecule has 4 aromatic rings. The Hall–Kier alpha value is -3.24. The summed E-state index contributed by atoms with van der Waals surface area (Å²) in [6.07, 6.45) is 0.0854. The molecule has 8 nitrogen and oxygen atoms in total. The van der Waals surface area contributed by atoms with E-state index in [0.29, 0.717) is 48.0 Å². The molecule has 0 aliphatic heterocycles. The standard InChI is InChI=1S/C27H31N3O5S/c1-33-14-6-13-30(15-20(31)17-35-22-7-4-3-5-8-22)16-24-28-26(32)25-23(18-36-27(25)29-24)19-9-11-21(34-2)12-10-19/h3-5,7-12,18,20,31H,6,13-17H2,1-2H3,(H,28,29,32). The highest BCUT2D eigenvalue weighted by molar-refractivity contribution is 7.17. The lowest BCUT2D eigenvalue weighted by molar-refractivity contribution is 0.0609. The second kappa shape index (κ2) is 12.6. The zero-order valence-corrected chi connectivity index (χ0v) is 21.3. The van der Waals surface area contributed by atoms with Gasteiger partial charge in [-0.1, -0.05) is 30.3 Å². The molecule has 0 saturated carbocycles. The van der Waals surface area contributed by atoms with E-state index in [9.17, 15) is 9.90 Å². The van der Waals surface area contributed by atoms with Crippen molar-refractivity contribution in [1.82, 2.24) is 14.9 Å². The fourth-order valence-corrected chi connectivity index (χ4v) is 4.96. The Balaban J connectivity index is 1.48. The van der Waals surface area contributed by atoms with Crippen LogP contribution in [0.2, 0.25) is 0 Å². The zero-order chi connectivity index (χ0) is 25.3.